The number of unbranched alkanes of at least 4 members (excludes halogenated alkanes) is 1. The van der Waals surface area contributed by atoms with Gasteiger partial charge in [0.15, 0.2) is 0 Å². The molecule has 1 atom stereocenters. The second-order valence-electron chi connectivity index (χ2n) is 3.44. The minimum absolute atomic E-state index is 0.135. The van der Waals surface area contributed by atoms with Crippen LogP contribution >= 0.6 is 0 Å². The smallest absolute Gasteiger partial charge is 0.0614 e. The Labute approximate surface area is 81.6 Å². The van der Waals surface area contributed by atoms with E-state index in [-0.39, 0.29) is 6.61 Å². The van der Waals surface area contributed by atoms with E-state index in [4.69, 9.17) is 9.84 Å². The number of aliphatic hydroxyl groups excluding tert-OH is 1. The third-order valence-electron chi connectivity index (χ3n) is 2.20. The van der Waals surface area contributed by atoms with Crippen molar-refractivity contribution in [2.45, 2.75) is 45.6 Å². The van der Waals surface area contributed by atoms with Gasteiger partial charge < -0.3 is 9.84 Å². The molecule has 0 aliphatic heterocycles. The quantitative estimate of drug-likeness (QED) is 0.619. The Morgan fingerprint density at radius 1 is 1.54 bits per heavy atom. The molecule has 0 rings (SSSR count). The summed E-state index contributed by atoms with van der Waals surface area (Å²) in [7, 11) is 1.76. The molecule has 0 saturated carbocycles. The lowest BCUT2D eigenvalue weighted by atomic mass is 10.0. The van der Waals surface area contributed by atoms with Gasteiger partial charge in [-0.3, -0.25) is 0 Å². The Kier molecular flexibility index (Phi) is 8.05. The van der Waals surface area contributed by atoms with Crippen LogP contribution in [0.4, 0.5) is 0 Å². The van der Waals surface area contributed by atoms with E-state index in [1.165, 1.54) is 18.4 Å². The molecular formula is C11H22O2. The summed E-state index contributed by atoms with van der Waals surface area (Å²) >= 11 is 0. The van der Waals surface area contributed by atoms with E-state index in [1.807, 2.05) is 13.0 Å². The Hall–Kier alpha value is -0.340. The van der Waals surface area contributed by atoms with Gasteiger partial charge >= 0.3 is 0 Å². The molecule has 0 fully saturated rings. The first-order valence-corrected chi connectivity index (χ1v) is 5.03. The standard InChI is InChI=1S/C11H22O2/c1-4-5-6-11(13-3)9-10(2)7-8-12/h7,11-12H,4-6,8-9H2,1-3H3. The summed E-state index contributed by atoms with van der Waals surface area (Å²) in [5, 5.41) is 8.68. The Morgan fingerprint density at radius 3 is 2.69 bits per heavy atom. The lowest BCUT2D eigenvalue weighted by molar-refractivity contribution is 0.0934. The molecular weight excluding hydrogens is 164 g/mol. The van der Waals surface area contributed by atoms with Crippen molar-refractivity contribution in [2.24, 2.45) is 0 Å². The number of aliphatic hydroxyl groups is 1. The van der Waals surface area contributed by atoms with Crippen LogP contribution in [-0.4, -0.2) is 24.9 Å². The molecule has 0 aliphatic carbocycles. The lowest BCUT2D eigenvalue weighted by Gasteiger charge is -2.14. The molecule has 0 aromatic heterocycles. The summed E-state index contributed by atoms with van der Waals surface area (Å²) in [6, 6.07) is 0. The van der Waals surface area contributed by atoms with Crippen LogP contribution in [0.15, 0.2) is 11.6 Å². The third-order valence-corrected chi connectivity index (χ3v) is 2.20. The molecule has 78 valence electrons. The van der Waals surface area contributed by atoms with Crippen molar-refractivity contribution >= 4 is 0 Å². The average molecular weight is 186 g/mol. The maximum atomic E-state index is 8.68. The van der Waals surface area contributed by atoms with Crippen molar-refractivity contribution in [3.8, 4) is 0 Å². The van der Waals surface area contributed by atoms with Crippen LogP contribution in [-0.2, 0) is 4.74 Å². The minimum Gasteiger partial charge on any atom is -0.392 e. The van der Waals surface area contributed by atoms with E-state index >= 15 is 0 Å². The van der Waals surface area contributed by atoms with E-state index in [9.17, 15) is 0 Å². The first-order chi connectivity index (χ1) is 6.24. The second-order valence-corrected chi connectivity index (χ2v) is 3.44. The number of ether oxygens (including phenoxy) is 1. The number of rotatable bonds is 7. The maximum Gasteiger partial charge on any atom is 0.0614 e. The molecule has 2 nitrogen and oxygen atoms in total. The van der Waals surface area contributed by atoms with Gasteiger partial charge in [0.25, 0.3) is 0 Å². The van der Waals surface area contributed by atoms with E-state index in [1.54, 1.807) is 7.11 Å². The zero-order chi connectivity index (χ0) is 10.1. The summed E-state index contributed by atoms with van der Waals surface area (Å²) in [6.45, 7) is 4.35. The second kappa shape index (κ2) is 8.27. The number of hydrogen-bond donors (Lipinski definition) is 1. The summed E-state index contributed by atoms with van der Waals surface area (Å²) in [6.07, 6.45) is 6.65. The molecule has 0 amide bonds. The highest BCUT2D eigenvalue weighted by Gasteiger charge is 2.06. The predicted molar refractivity (Wildman–Crippen MR) is 55.8 cm³/mol. The molecule has 1 unspecified atom stereocenters. The average Bonchev–Trinajstić information content (AvgIpc) is 2.12. The topological polar surface area (TPSA) is 29.5 Å². The van der Waals surface area contributed by atoms with Crippen LogP contribution < -0.4 is 0 Å². The van der Waals surface area contributed by atoms with Crippen molar-refractivity contribution in [1.29, 1.82) is 0 Å². The molecule has 0 bridgehead atoms. The SMILES string of the molecule is CCCCC(CC(C)=CCO)OC. The first-order valence-electron chi connectivity index (χ1n) is 5.03. The summed E-state index contributed by atoms with van der Waals surface area (Å²) < 4.78 is 5.35. The predicted octanol–water partition coefficient (Wildman–Crippen LogP) is 2.52. The summed E-state index contributed by atoms with van der Waals surface area (Å²) in [5.41, 5.74) is 1.21. The fourth-order valence-corrected chi connectivity index (χ4v) is 1.33. The summed E-state index contributed by atoms with van der Waals surface area (Å²) in [4.78, 5) is 0. The number of methoxy groups -OCH3 is 1. The molecule has 1 N–H and O–H groups in total. The zero-order valence-electron chi connectivity index (χ0n) is 9.05. The number of hydrogen-bond acceptors (Lipinski definition) is 2. The molecule has 0 radical (unpaired) electrons. The van der Waals surface area contributed by atoms with Gasteiger partial charge in [-0.05, 0) is 19.8 Å². The van der Waals surface area contributed by atoms with Gasteiger partial charge in [0, 0.05) is 7.11 Å². The van der Waals surface area contributed by atoms with Gasteiger partial charge in [-0.15, -0.1) is 0 Å². The summed E-state index contributed by atoms with van der Waals surface area (Å²) in [5.74, 6) is 0. The highest BCUT2D eigenvalue weighted by Crippen LogP contribution is 2.13. The van der Waals surface area contributed by atoms with Gasteiger partial charge in [0.1, 0.15) is 0 Å². The van der Waals surface area contributed by atoms with E-state index in [0.29, 0.717) is 6.10 Å². The van der Waals surface area contributed by atoms with Crippen molar-refractivity contribution < 1.29 is 9.84 Å². The van der Waals surface area contributed by atoms with Gasteiger partial charge in [-0.1, -0.05) is 31.4 Å². The van der Waals surface area contributed by atoms with Crippen molar-refractivity contribution in [3.63, 3.8) is 0 Å². The first kappa shape index (κ1) is 12.7. The highest BCUT2D eigenvalue weighted by molar-refractivity contribution is 4.99. The minimum atomic E-state index is 0.135. The van der Waals surface area contributed by atoms with Crippen molar-refractivity contribution in [2.75, 3.05) is 13.7 Å². The van der Waals surface area contributed by atoms with Crippen molar-refractivity contribution in [1.82, 2.24) is 0 Å². The molecule has 13 heavy (non-hydrogen) atoms. The molecule has 0 saturated heterocycles. The van der Waals surface area contributed by atoms with Gasteiger partial charge in [-0.2, -0.15) is 0 Å². The van der Waals surface area contributed by atoms with Crippen molar-refractivity contribution in [3.05, 3.63) is 11.6 Å². The van der Waals surface area contributed by atoms with Gasteiger partial charge in [0.2, 0.25) is 0 Å². The van der Waals surface area contributed by atoms with Crippen LogP contribution in [0.2, 0.25) is 0 Å². The zero-order valence-corrected chi connectivity index (χ0v) is 9.05. The molecule has 0 aromatic carbocycles. The van der Waals surface area contributed by atoms with E-state index < -0.39 is 0 Å². The van der Waals surface area contributed by atoms with Crippen LogP contribution in [0.5, 0.6) is 0 Å². The molecule has 0 heterocycles. The van der Waals surface area contributed by atoms with E-state index in [2.05, 4.69) is 6.92 Å². The van der Waals surface area contributed by atoms with E-state index in [0.717, 1.165) is 12.8 Å². The Morgan fingerprint density at radius 2 is 2.23 bits per heavy atom. The van der Waals surface area contributed by atoms with Crippen LogP contribution in [0.1, 0.15) is 39.5 Å². The van der Waals surface area contributed by atoms with Crippen LogP contribution in [0.25, 0.3) is 0 Å². The molecule has 0 spiro atoms. The fourth-order valence-electron chi connectivity index (χ4n) is 1.33. The lowest BCUT2D eigenvalue weighted by Crippen LogP contribution is -2.10. The van der Waals surface area contributed by atoms with Crippen LogP contribution in [0, 0.1) is 0 Å². The molecule has 2 heteroatoms. The fraction of sp³-hybridized carbons (Fsp3) is 0.818. The van der Waals surface area contributed by atoms with Gasteiger partial charge in [-0.25, -0.2) is 0 Å². The highest BCUT2D eigenvalue weighted by atomic mass is 16.5. The largest absolute Gasteiger partial charge is 0.392 e. The monoisotopic (exact) mass is 186 g/mol. The maximum absolute atomic E-state index is 8.68. The van der Waals surface area contributed by atoms with Gasteiger partial charge in [0.05, 0.1) is 12.7 Å². The molecule has 0 aliphatic rings. The normalized spacial score (nSPS) is 14.6. The van der Waals surface area contributed by atoms with Crippen LogP contribution in [0.3, 0.4) is 0 Å². The molecule has 0 aromatic rings. The third kappa shape index (κ3) is 6.79. The Balaban J connectivity index is 3.75. The Bertz CT molecular complexity index is 141.